The smallest absolute Gasteiger partial charge is 0.170 e. The summed E-state index contributed by atoms with van der Waals surface area (Å²) in [4.78, 5) is 34.0. The van der Waals surface area contributed by atoms with Crippen LogP contribution in [0.1, 0.15) is 22.3 Å². The molecule has 2 saturated heterocycles. The molecule has 300 valence electrons. The molecule has 0 saturated carbocycles. The number of nitrogens with zero attached hydrogens (tertiary/aromatic N) is 2. The van der Waals surface area contributed by atoms with Crippen molar-refractivity contribution >= 4 is 23.7 Å². The van der Waals surface area contributed by atoms with Gasteiger partial charge in [-0.05, 0) is 71.5 Å². The highest BCUT2D eigenvalue weighted by atomic mass is 16.5. The number of allylic oxidation sites excluding steroid dienone is 2. The summed E-state index contributed by atoms with van der Waals surface area (Å²) in [6, 6.07) is 30.6. The van der Waals surface area contributed by atoms with Crippen LogP contribution in [0.15, 0.2) is 109 Å². The van der Waals surface area contributed by atoms with Gasteiger partial charge in [0.2, 0.25) is 0 Å². The van der Waals surface area contributed by atoms with Gasteiger partial charge in [0.25, 0.3) is 0 Å². The molecule has 0 aromatic heterocycles. The normalized spacial score (nSPS) is 15.5. The second kappa shape index (κ2) is 21.3. The van der Waals surface area contributed by atoms with Gasteiger partial charge in [0.05, 0.1) is 40.6 Å². The van der Waals surface area contributed by atoms with E-state index in [9.17, 15) is 9.59 Å². The molecule has 10 nitrogen and oxygen atoms in total. The van der Waals surface area contributed by atoms with Gasteiger partial charge in [0, 0.05) is 39.3 Å². The number of carbonyl (C=O) groups excluding carboxylic acids is 2. The number of ketones is 2. The van der Waals surface area contributed by atoms with Crippen LogP contribution in [0.4, 0.5) is 0 Å². The Balaban J connectivity index is 1.23. The minimum Gasteiger partial charge on any atom is -0.493 e. The van der Waals surface area contributed by atoms with Gasteiger partial charge in [-0.15, -0.1) is 0 Å². The molecule has 0 N–H and O–H groups in total. The Hall–Kier alpha value is -5.26. The van der Waals surface area contributed by atoms with Crippen molar-refractivity contribution in [3.8, 4) is 23.0 Å². The Morgan fingerprint density at radius 3 is 1.37 bits per heavy atom. The van der Waals surface area contributed by atoms with Gasteiger partial charge in [0.1, 0.15) is 18.6 Å². The number of ether oxygens (including phenoxy) is 6. The standard InChI is InChI=1S/C47H54N2O8/c1-52-43-33-37(13-17-41(43)56-31-25-48-21-27-54-28-22-48)15-19-45(50)47(35-39-9-5-3-6-10-39,36-40-11-7-4-8-12-40)46(51)20-16-38-14-18-42(44(34-38)53-2)57-32-26-49-23-29-55-30-24-49/h3-20,33-34H,21-32,35-36H2,1-2H3/b19-15+,20-16+. The van der Waals surface area contributed by atoms with Gasteiger partial charge < -0.3 is 28.4 Å². The molecule has 4 aromatic rings. The molecule has 0 amide bonds. The highest BCUT2D eigenvalue weighted by Crippen LogP contribution is 2.35. The van der Waals surface area contributed by atoms with Gasteiger partial charge in [-0.25, -0.2) is 0 Å². The number of hydrogen-bond donors (Lipinski definition) is 0. The van der Waals surface area contributed by atoms with Gasteiger partial charge in [-0.1, -0.05) is 84.9 Å². The van der Waals surface area contributed by atoms with Crippen LogP contribution in [0.25, 0.3) is 12.2 Å². The summed E-state index contributed by atoms with van der Waals surface area (Å²) in [5.74, 6) is 1.79. The lowest BCUT2D eigenvalue weighted by atomic mass is 9.69. The minimum atomic E-state index is -1.44. The van der Waals surface area contributed by atoms with E-state index in [1.54, 1.807) is 26.4 Å². The topological polar surface area (TPSA) is 96.0 Å². The highest BCUT2D eigenvalue weighted by molar-refractivity contribution is 6.17. The lowest BCUT2D eigenvalue weighted by Crippen LogP contribution is -2.42. The molecule has 2 fully saturated rings. The van der Waals surface area contributed by atoms with Crippen molar-refractivity contribution in [3.05, 3.63) is 131 Å². The van der Waals surface area contributed by atoms with Gasteiger partial charge >= 0.3 is 0 Å². The Bertz CT molecular complexity index is 1790. The largest absolute Gasteiger partial charge is 0.493 e. The van der Waals surface area contributed by atoms with Crippen molar-refractivity contribution in [2.75, 3.05) is 93.1 Å². The van der Waals surface area contributed by atoms with Crippen molar-refractivity contribution in [3.63, 3.8) is 0 Å². The zero-order valence-corrected chi connectivity index (χ0v) is 33.1. The number of rotatable bonds is 20. The number of carbonyl (C=O) groups is 2. The summed E-state index contributed by atoms with van der Waals surface area (Å²) >= 11 is 0. The van der Waals surface area contributed by atoms with Crippen molar-refractivity contribution in [2.24, 2.45) is 5.41 Å². The fraction of sp³-hybridized carbons (Fsp3) is 0.362. The average molecular weight is 775 g/mol. The lowest BCUT2D eigenvalue weighted by Gasteiger charge is -2.29. The van der Waals surface area contributed by atoms with Gasteiger partial charge in [-0.2, -0.15) is 0 Å². The zero-order chi connectivity index (χ0) is 39.7. The number of hydrogen-bond acceptors (Lipinski definition) is 10. The molecule has 0 atom stereocenters. The SMILES string of the molecule is COc1cc(/C=C/C(=O)C(Cc2ccccc2)(Cc2ccccc2)C(=O)/C=C/c2ccc(OCCN3CCOCC3)c(OC)c2)ccc1OCCN1CCOCC1. The molecule has 4 aromatic carbocycles. The maximum Gasteiger partial charge on any atom is 0.170 e. The second-order valence-electron chi connectivity index (χ2n) is 14.2. The first-order valence-electron chi connectivity index (χ1n) is 19.7. The van der Waals surface area contributed by atoms with E-state index in [4.69, 9.17) is 28.4 Å². The summed E-state index contributed by atoms with van der Waals surface area (Å²) in [5, 5.41) is 0. The summed E-state index contributed by atoms with van der Waals surface area (Å²) in [6.07, 6.45) is 6.97. The van der Waals surface area contributed by atoms with Crippen LogP contribution >= 0.6 is 0 Å². The van der Waals surface area contributed by atoms with E-state index in [0.717, 1.165) is 87.9 Å². The van der Waals surface area contributed by atoms with E-state index in [0.29, 0.717) is 36.2 Å². The molecular formula is C47H54N2O8. The molecule has 6 rings (SSSR count). The molecule has 0 bridgehead atoms. The summed E-state index contributed by atoms with van der Waals surface area (Å²) in [5.41, 5.74) is 1.83. The quantitative estimate of drug-likeness (QED) is 0.0736. The number of morpholine rings is 2. The Morgan fingerprint density at radius 1 is 0.579 bits per heavy atom. The molecule has 57 heavy (non-hydrogen) atoms. The summed E-state index contributed by atoms with van der Waals surface area (Å²) in [6.45, 7) is 9.11. The van der Waals surface area contributed by atoms with Crippen molar-refractivity contribution < 1.29 is 38.0 Å². The number of methoxy groups -OCH3 is 2. The Kier molecular flexibility index (Phi) is 15.5. The van der Waals surface area contributed by atoms with Crippen molar-refractivity contribution in [2.45, 2.75) is 12.8 Å². The first kappa shape index (κ1) is 41.4. The Labute approximate surface area is 336 Å². The minimum absolute atomic E-state index is 0.216. The van der Waals surface area contributed by atoms with Crippen LogP contribution in [0, 0.1) is 5.41 Å². The maximum absolute atomic E-state index is 14.7. The first-order chi connectivity index (χ1) is 28.0. The predicted octanol–water partition coefficient (Wildman–Crippen LogP) is 6.46. The van der Waals surface area contributed by atoms with E-state index >= 15 is 0 Å². The fourth-order valence-corrected chi connectivity index (χ4v) is 7.12. The maximum atomic E-state index is 14.7. The summed E-state index contributed by atoms with van der Waals surface area (Å²) < 4.78 is 34.4. The fourth-order valence-electron chi connectivity index (χ4n) is 7.12. The predicted molar refractivity (Wildman–Crippen MR) is 222 cm³/mol. The zero-order valence-electron chi connectivity index (χ0n) is 33.1. The molecule has 0 radical (unpaired) electrons. The van der Waals surface area contributed by atoms with Gasteiger partial charge in [0.15, 0.2) is 34.6 Å². The average Bonchev–Trinajstić information content (AvgIpc) is 3.26. The Morgan fingerprint density at radius 2 is 0.982 bits per heavy atom. The second-order valence-corrected chi connectivity index (χ2v) is 14.2. The van der Waals surface area contributed by atoms with E-state index in [1.165, 1.54) is 12.2 Å². The lowest BCUT2D eigenvalue weighted by molar-refractivity contribution is -0.135. The molecule has 2 aliphatic heterocycles. The van der Waals surface area contributed by atoms with Crippen LogP contribution in [-0.2, 0) is 31.9 Å². The van der Waals surface area contributed by atoms with Crippen LogP contribution in [0.3, 0.4) is 0 Å². The summed E-state index contributed by atoms with van der Waals surface area (Å²) in [7, 11) is 3.20. The van der Waals surface area contributed by atoms with E-state index in [-0.39, 0.29) is 24.4 Å². The first-order valence-corrected chi connectivity index (χ1v) is 19.7. The molecule has 10 heteroatoms. The van der Waals surface area contributed by atoms with E-state index in [2.05, 4.69) is 9.80 Å². The van der Waals surface area contributed by atoms with E-state index in [1.807, 2.05) is 97.1 Å². The molecule has 0 aliphatic carbocycles. The van der Waals surface area contributed by atoms with Crippen LogP contribution < -0.4 is 18.9 Å². The van der Waals surface area contributed by atoms with Gasteiger partial charge in [-0.3, -0.25) is 19.4 Å². The van der Waals surface area contributed by atoms with Crippen molar-refractivity contribution in [1.82, 2.24) is 9.80 Å². The molecule has 0 unspecified atom stereocenters. The third kappa shape index (κ3) is 11.9. The monoisotopic (exact) mass is 774 g/mol. The van der Waals surface area contributed by atoms with Crippen LogP contribution in [-0.4, -0.2) is 114 Å². The van der Waals surface area contributed by atoms with Crippen LogP contribution in [0.5, 0.6) is 23.0 Å². The van der Waals surface area contributed by atoms with E-state index < -0.39 is 5.41 Å². The number of benzene rings is 4. The third-order valence-corrected chi connectivity index (χ3v) is 10.4. The molecular weight excluding hydrogens is 721 g/mol. The molecule has 0 spiro atoms. The van der Waals surface area contributed by atoms with Crippen molar-refractivity contribution in [1.29, 1.82) is 0 Å². The third-order valence-electron chi connectivity index (χ3n) is 10.4. The van der Waals surface area contributed by atoms with Crippen LogP contribution in [0.2, 0.25) is 0 Å². The molecule has 2 aliphatic rings. The highest BCUT2D eigenvalue weighted by Gasteiger charge is 2.43. The molecule has 2 heterocycles.